The molecule has 1 aromatic heterocycles. The lowest BCUT2D eigenvalue weighted by molar-refractivity contribution is 0.0937. The van der Waals surface area contributed by atoms with E-state index in [4.69, 9.17) is 9.47 Å². The quantitative estimate of drug-likeness (QED) is 0.851. The number of carbonyl (C=O) groups is 1. The predicted octanol–water partition coefficient (Wildman–Crippen LogP) is 2.38. The molecule has 0 unspecified atom stereocenters. The summed E-state index contributed by atoms with van der Waals surface area (Å²) in [6, 6.07) is 5.43. The molecule has 1 heterocycles. The summed E-state index contributed by atoms with van der Waals surface area (Å²) < 4.78 is 10.5. The van der Waals surface area contributed by atoms with Gasteiger partial charge in [0, 0.05) is 12.1 Å². The van der Waals surface area contributed by atoms with Crippen molar-refractivity contribution in [2.24, 2.45) is 0 Å². The first-order valence-corrected chi connectivity index (χ1v) is 7.15. The first-order valence-electron chi connectivity index (χ1n) is 7.15. The molecule has 122 valence electrons. The van der Waals surface area contributed by atoms with Crippen LogP contribution in [-0.2, 0) is 0 Å². The Hall–Kier alpha value is -2.83. The summed E-state index contributed by atoms with van der Waals surface area (Å²) >= 11 is 0. The highest BCUT2D eigenvalue weighted by Gasteiger charge is 2.10. The van der Waals surface area contributed by atoms with Crippen molar-refractivity contribution < 1.29 is 14.3 Å². The summed E-state index contributed by atoms with van der Waals surface area (Å²) in [5, 5.41) is 5.86. The van der Waals surface area contributed by atoms with Crippen molar-refractivity contribution >= 4 is 17.4 Å². The SMILES string of the molecule is COc1ccc(OC)c(Nc2cnc(C(=O)NC(C)C)cn2)c1. The summed E-state index contributed by atoms with van der Waals surface area (Å²) in [4.78, 5) is 20.2. The topological polar surface area (TPSA) is 85.4 Å². The molecule has 7 heteroatoms. The van der Waals surface area contributed by atoms with Gasteiger partial charge >= 0.3 is 0 Å². The van der Waals surface area contributed by atoms with Crippen molar-refractivity contribution in [2.75, 3.05) is 19.5 Å². The lowest BCUT2D eigenvalue weighted by Crippen LogP contribution is -2.30. The number of benzene rings is 1. The highest BCUT2D eigenvalue weighted by atomic mass is 16.5. The minimum absolute atomic E-state index is 0.0446. The van der Waals surface area contributed by atoms with Gasteiger partial charge in [0.05, 0.1) is 32.3 Å². The van der Waals surface area contributed by atoms with Crippen LogP contribution in [-0.4, -0.2) is 36.1 Å². The van der Waals surface area contributed by atoms with Gasteiger partial charge in [0.15, 0.2) is 0 Å². The van der Waals surface area contributed by atoms with E-state index in [-0.39, 0.29) is 17.6 Å². The van der Waals surface area contributed by atoms with Crippen molar-refractivity contribution in [3.8, 4) is 11.5 Å². The average molecular weight is 316 g/mol. The van der Waals surface area contributed by atoms with Gasteiger partial charge in [0.25, 0.3) is 5.91 Å². The second kappa shape index (κ2) is 7.44. The molecule has 1 aromatic carbocycles. The fourth-order valence-corrected chi connectivity index (χ4v) is 1.90. The summed E-state index contributed by atoms with van der Waals surface area (Å²) in [6.07, 6.45) is 2.92. The number of ether oxygens (including phenoxy) is 2. The molecule has 2 N–H and O–H groups in total. The van der Waals surface area contributed by atoms with E-state index in [9.17, 15) is 4.79 Å². The van der Waals surface area contributed by atoms with Gasteiger partial charge in [0.1, 0.15) is 23.0 Å². The van der Waals surface area contributed by atoms with Gasteiger partial charge in [-0.15, -0.1) is 0 Å². The Bertz CT molecular complexity index is 672. The van der Waals surface area contributed by atoms with Crippen molar-refractivity contribution in [3.05, 3.63) is 36.3 Å². The third-order valence-electron chi connectivity index (χ3n) is 2.97. The Balaban J connectivity index is 2.16. The van der Waals surface area contributed by atoms with E-state index >= 15 is 0 Å². The minimum Gasteiger partial charge on any atom is -0.497 e. The predicted molar refractivity (Wildman–Crippen MR) is 87.5 cm³/mol. The van der Waals surface area contributed by atoms with Crippen LogP contribution < -0.4 is 20.1 Å². The molecule has 23 heavy (non-hydrogen) atoms. The largest absolute Gasteiger partial charge is 0.497 e. The van der Waals surface area contributed by atoms with Gasteiger partial charge in [0.2, 0.25) is 0 Å². The molecule has 0 aliphatic heterocycles. The maximum atomic E-state index is 11.8. The molecular weight excluding hydrogens is 296 g/mol. The van der Waals surface area contributed by atoms with Gasteiger partial charge in [-0.1, -0.05) is 0 Å². The Morgan fingerprint density at radius 2 is 1.91 bits per heavy atom. The van der Waals surface area contributed by atoms with Crippen molar-refractivity contribution in [2.45, 2.75) is 19.9 Å². The Morgan fingerprint density at radius 1 is 1.13 bits per heavy atom. The van der Waals surface area contributed by atoms with Crippen LogP contribution >= 0.6 is 0 Å². The number of hydrogen-bond donors (Lipinski definition) is 2. The highest BCUT2D eigenvalue weighted by molar-refractivity contribution is 5.92. The Labute approximate surface area is 135 Å². The third kappa shape index (κ3) is 4.32. The van der Waals surface area contributed by atoms with Crippen LogP contribution in [0.1, 0.15) is 24.3 Å². The molecule has 0 aliphatic carbocycles. The maximum Gasteiger partial charge on any atom is 0.271 e. The third-order valence-corrected chi connectivity index (χ3v) is 2.97. The summed E-state index contributed by atoms with van der Waals surface area (Å²) in [6.45, 7) is 3.77. The van der Waals surface area contributed by atoms with Crippen molar-refractivity contribution in [1.82, 2.24) is 15.3 Å². The van der Waals surface area contributed by atoms with Crippen LogP contribution in [0.4, 0.5) is 11.5 Å². The lowest BCUT2D eigenvalue weighted by Gasteiger charge is -2.12. The number of nitrogens with zero attached hydrogens (tertiary/aromatic N) is 2. The monoisotopic (exact) mass is 316 g/mol. The lowest BCUT2D eigenvalue weighted by atomic mass is 10.2. The molecule has 0 radical (unpaired) electrons. The number of carbonyl (C=O) groups excluding carboxylic acids is 1. The molecule has 0 saturated heterocycles. The number of aromatic nitrogens is 2. The fraction of sp³-hybridized carbons (Fsp3) is 0.312. The van der Waals surface area contributed by atoms with Crippen LogP contribution in [0.3, 0.4) is 0 Å². The van der Waals surface area contributed by atoms with Gasteiger partial charge in [-0.05, 0) is 26.0 Å². The van der Waals surface area contributed by atoms with Crippen LogP contribution in [0.5, 0.6) is 11.5 Å². The summed E-state index contributed by atoms with van der Waals surface area (Å²) in [5.41, 5.74) is 0.961. The zero-order valence-electron chi connectivity index (χ0n) is 13.6. The average Bonchev–Trinajstić information content (AvgIpc) is 2.54. The zero-order valence-corrected chi connectivity index (χ0v) is 13.6. The first kappa shape index (κ1) is 16.5. The fourth-order valence-electron chi connectivity index (χ4n) is 1.90. The van der Waals surface area contributed by atoms with Crippen LogP contribution in [0.25, 0.3) is 0 Å². The molecular formula is C16H20N4O3. The number of amides is 1. The highest BCUT2D eigenvalue weighted by Crippen LogP contribution is 2.30. The van der Waals surface area contributed by atoms with Crippen LogP contribution in [0.15, 0.2) is 30.6 Å². The Kier molecular flexibility index (Phi) is 5.35. The van der Waals surface area contributed by atoms with E-state index in [1.54, 1.807) is 32.4 Å². The molecule has 0 saturated carbocycles. The van der Waals surface area contributed by atoms with E-state index in [2.05, 4.69) is 20.6 Å². The van der Waals surface area contributed by atoms with Crippen LogP contribution in [0.2, 0.25) is 0 Å². The van der Waals surface area contributed by atoms with E-state index < -0.39 is 0 Å². The molecule has 1 amide bonds. The number of hydrogen-bond acceptors (Lipinski definition) is 6. The molecule has 7 nitrogen and oxygen atoms in total. The zero-order chi connectivity index (χ0) is 16.8. The molecule has 0 aliphatic rings. The maximum absolute atomic E-state index is 11.8. The van der Waals surface area contributed by atoms with Crippen molar-refractivity contribution in [1.29, 1.82) is 0 Å². The van der Waals surface area contributed by atoms with E-state index in [0.717, 1.165) is 0 Å². The Morgan fingerprint density at radius 3 is 2.48 bits per heavy atom. The molecule has 2 rings (SSSR count). The summed E-state index contributed by atoms with van der Waals surface area (Å²) in [5.74, 6) is 1.58. The van der Waals surface area contributed by atoms with Crippen molar-refractivity contribution in [3.63, 3.8) is 0 Å². The van der Waals surface area contributed by atoms with Crippen LogP contribution in [0, 0.1) is 0 Å². The number of nitrogens with one attached hydrogen (secondary N) is 2. The number of anilines is 2. The molecule has 0 bridgehead atoms. The smallest absolute Gasteiger partial charge is 0.271 e. The van der Waals surface area contributed by atoms with Gasteiger partial charge in [-0.3, -0.25) is 4.79 Å². The molecule has 0 spiro atoms. The second-order valence-corrected chi connectivity index (χ2v) is 5.11. The van der Waals surface area contributed by atoms with E-state index in [1.807, 2.05) is 13.8 Å². The van der Waals surface area contributed by atoms with E-state index in [1.165, 1.54) is 12.4 Å². The summed E-state index contributed by atoms with van der Waals surface area (Å²) in [7, 11) is 3.17. The minimum atomic E-state index is -0.252. The normalized spacial score (nSPS) is 10.3. The first-order chi connectivity index (χ1) is 11.0. The van der Waals surface area contributed by atoms with Gasteiger partial charge < -0.3 is 20.1 Å². The van der Waals surface area contributed by atoms with Gasteiger partial charge in [-0.25, -0.2) is 9.97 Å². The number of methoxy groups -OCH3 is 2. The van der Waals surface area contributed by atoms with E-state index in [0.29, 0.717) is 23.0 Å². The number of rotatable bonds is 6. The standard InChI is InChI=1S/C16H20N4O3/c1-10(2)19-16(21)13-8-18-15(9-17-13)20-12-7-11(22-3)5-6-14(12)23-4/h5-10H,1-4H3,(H,18,20)(H,19,21). The molecule has 0 atom stereocenters. The molecule has 2 aromatic rings. The second-order valence-electron chi connectivity index (χ2n) is 5.11. The molecule has 0 fully saturated rings. The van der Waals surface area contributed by atoms with Gasteiger partial charge in [-0.2, -0.15) is 0 Å².